The minimum absolute atomic E-state index is 0.681. The van der Waals surface area contributed by atoms with Crippen LogP contribution in [0.15, 0.2) is 18.2 Å². The van der Waals surface area contributed by atoms with Gasteiger partial charge in [-0.15, -0.1) is 0 Å². The maximum Gasteiger partial charge on any atom is 0.161 e. The van der Waals surface area contributed by atoms with Crippen molar-refractivity contribution in [3.8, 4) is 11.5 Å². The lowest BCUT2D eigenvalue weighted by atomic mass is 10.1. The minimum Gasteiger partial charge on any atom is -0.493 e. The Morgan fingerprint density at radius 3 is 2.52 bits per heavy atom. The van der Waals surface area contributed by atoms with Crippen molar-refractivity contribution in [2.24, 2.45) is 0 Å². The molecule has 1 aromatic rings. The largest absolute Gasteiger partial charge is 0.493 e. The van der Waals surface area contributed by atoms with E-state index in [1.54, 1.807) is 7.11 Å². The Morgan fingerprint density at radius 2 is 1.86 bits per heavy atom. The first-order valence-corrected chi connectivity index (χ1v) is 8.36. The molecule has 0 heterocycles. The number of rotatable bonds is 7. The van der Waals surface area contributed by atoms with Crippen LogP contribution in [0.5, 0.6) is 11.5 Å². The van der Waals surface area contributed by atoms with Gasteiger partial charge in [0.2, 0.25) is 0 Å². The highest BCUT2D eigenvalue weighted by atomic mass is 16.5. The summed E-state index contributed by atoms with van der Waals surface area (Å²) in [5.74, 6) is 1.68. The summed E-state index contributed by atoms with van der Waals surface area (Å²) in [5, 5.41) is 3.63. The molecule has 3 heteroatoms. The zero-order valence-corrected chi connectivity index (χ0v) is 13.5. The Bertz CT molecular complexity index is 412. The fourth-order valence-corrected chi connectivity index (χ4v) is 2.96. The van der Waals surface area contributed by atoms with Gasteiger partial charge in [0.1, 0.15) is 6.61 Å². The molecule has 0 amide bonds. The lowest BCUT2D eigenvalue weighted by Crippen LogP contribution is -2.32. The van der Waals surface area contributed by atoms with E-state index in [1.165, 1.54) is 44.1 Å². The van der Waals surface area contributed by atoms with Crippen molar-refractivity contribution in [1.29, 1.82) is 0 Å². The number of hydrogen-bond donors (Lipinski definition) is 1. The molecule has 1 fully saturated rings. The summed E-state index contributed by atoms with van der Waals surface area (Å²) in [5.41, 5.74) is 1.27. The van der Waals surface area contributed by atoms with Crippen LogP contribution in [-0.2, 0) is 6.42 Å². The van der Waals surface area contributed by atoms with Gasteiger partial charge in [-0.2, -0.15) is 0 Å². The van der Waals surface area contributed by atoms with E-state index in [2.05, 4.69) is 24.4 Å². The molecule has 1 aromatic carbocycles. The molecule has 2 rings (SSSR count). The molecule has 0 unspecified atom stereocenters. The average molecular weight is 291 g/mol. The number of hydrogen-bond acceptors (Lipinski definition) is 3. The monoisotopic (exact) mass is 291 g/mol. The van der Waals surface area contributed by atoms with Gasteiger partial charge in [0.05, 0.1) is 7.11 Å². The Kier molecular flexibility index (Phi) is 6.87. The smallest absolute Gasteiger partial charge is 0.161 e. The first-order chi connectivity index (χ1) is 10.3. The Balaban J connectivity index is 1.75. The van der Waals surface area contributed by atoms with Crippen molar-refractivity contribution in [2.45, 2.75) is 57.9 Å². The summed E-state index contributed by atoms with van der Waals surface area (Å²) in [7, 11) is 1.70. The summed E-state index contributed by atoms with van der Waals surface area (Å²) in [6.07, 6.45) is 9.17. The fourth-order valence-electron chi connectivity index (χ4n) is 2.96. The third-order valence-electron chi connectivity index (χ3n) is 4.28. The molecule has 118 valence electrons. The zero-order chi connectivity index (χ0) is 14.9. The molecule has 1 aliphatic carbocycles. The molecular formula is C18H29NO2. The second-order valence-electron chi connectivity index (χ2n) is 5.83. The molecule has 1 N–H and O–H groups in total. The lowest BCUT2D eigenvalue weighted by molar-refractivity contribution is 0.282. The molecule has 1 aliphatic rings. The van der Waals surface area contributed by atoms with Gasteiger partial charge in [0.15, 0.2) is 11.5 Å². The number of methoxy groups -OCH3 is 1. The molecule has 0 aliphatic heterocycles. The summed E-state index contributed by atoms with van der Waals surface area (Å²) >= 11 is 0. The van der Waals surface area contributed by atoms with Crippen molar-refractivity contribution >= 4 is 0 Å². The Morgan fingerprint density at radius 1 is 1.10 bits per heavy atom. The molecule has 1 saturated carbocycles. The quantitative estimate of drug-likeness (QED) is 0.609. The molecule has 0 aromatic heterocycles. The summed E-state index contributed by atoms with van der Waals surface area (Å²) < 4.78 is 11.3. The molecule has 0 radical (unpaired) electrons. The van der Waals surface area contributed by atoms with E-state index in [0.29, 0.717) is 12.6 Å². The van der Waals surface area contributed by atoms with Gasteiger partial charge in [-0.05, 0) is 37.0 Å². The molecule has 0 atom stereocenters. The first kappa shape index (κ1) is 16.2. The van der Waals surface area contributed by atoms with Crippen LogP contribution in [0.25, 0.3) is 0 Å². The summed E-state index contributed by atoms with van der Waals surface area (Å²) in [4.78, 5) is 0. The van der Waals surface area contributed by atoms with Crippen molar-refractivity contribution in [3.63, 3.8) is 0 Å². The number of aryl methyl sites for hydroxylation is 1. The lowest BCUT2D eigenvalue weighted by Gasteiger charge is -2.17. The molecule has 0 bridgehead atoms. The number of ether oxygens (including phenoxy) is 2. The maximum atomic E-state index is 5.86. The van der Waals surface area contributed by atoms with Gasteiger partial charge in [-0.25, -0.2) is 0 Å². The third-order valence-corrected chi connectivity index (χ3v) is 4.28. The van der Waals surface area contributed by atoms with E-state index in [9.17, 15) is 0 Å². The van der Waals surface area contributed by atoms with Crippen LogP contribution in [0.1, 0.15) is 51.0 Å². The van der Waals surface area contributed by atoms with Crippen molar-refractivity contribution in [3.05, 3.63) is 23.8 Å². The third kappa shape index (κ3) is 5.24. The summed E-state index contributed by atoms with van der Waals surface area (Å²) in [6, 6.07) is 6.87. The van der Waals surface area contributed by atoms with Crippen molar-refractivity contribution in [1.82, 2.24) is 5.32 Å². The second-order valence-corrected chi connectivity index (χ2v) is 5.83. The first-order valence-electron chi connectivity index (χ1n) is 8.36. The van der Waals surface area contributed by atoms with Crippen LogP contribution >= 0.6 is 0 Å². The number of nitrogens with one attached hydrogen (secondary N) is 1. The highest BCUT2D eigenvalue weighted by molar-refractivity contribution is 5.42. The van der Waals surface area contributed by atoms with Crippen LogP contribution < -0.4 is 14.8 Å². The Hall–Kier alpha value is -1.22. The average Bonchev–Trinajstić information content (AvgIpc) is 2.80. The predicted octanol–water partition coefficient (Wildman–Crippen LogP) is 3.95. The predicted molar refractivity (Wildman–Crippen MR) is 87.4 cm³/mol. The van der Waals surface area contributed by atoms with Gasteiger partial charge in [-0.1, -0.05) is 38.7 Å². The van der Waals surface area contributed by atoms with E-state index in [1.807, 2.05) is 6.07 Å². The van der Waals surface area contributed by atoms with Crippen LogP contribution in [0.2, 0.25) is 0 Å². The van der Waals surface area contributed by atoms with Crippen LogP contribution in [0.4, 0.5) is 0 Å². The van der Waals surface area contributed by atoms with E-state index in [0.717, 1.165) is 24.5 Å². The van der Waals surface area contributed by atoms with Gasteiger partial charge in [0.25, 0.3) is 0 Å². The molecular weight excluding hydrogens is 262 g/mol. The molecule has 0 saturated heterocycles. The summed E-state index contributed by atoms with van der Waals surface area (Å²) in [6.45, 7) is 3.74. The van der Waals surface area contributed by atoms with Gasteiger partial charge in [-0.3, -0.25) is 0 Å². The zero-order valence-electron chi connectivity index (χ0n) is 13.5. The van der Waals surface area contributed by atoms with Crippen LogP contribution in [0.3, 0.4) is 0 Å². The van der Waals surface area contributed by atoms with E-state index in [-0.39, 0.29) is 0 Å². The van der Waals surface area contributed by atoms with Gasteiger partial charge < -0.3 is 14.8 Å². The van der Waals surface area contributed by atoms with Crippen molar-refractivity contribution in [2.75, 3.05) is 20.3 Å². The molecule has 3 nitrogen and oxygen atoms in total. The highest BCUT2D eigenvalue weighted by Gasteiger charge is 2.11. The standard InChI is InChI=1S/C18H29NO2/c1-3-15-10-11-17(18(14-15)20-2)21-13-12-19-16-8-6-4-5-7-9-16/h10-11,14,16,19H,3-9,12-13H2,1-2H3. The fraction of sp³-hybridized carbons (Fsp3) is 0.667. The highest BCUT2D eigenvalue weighted by Crippen LogP contribution is 2.28. The maximum absolute atomic E-state index is 5.86. The van der Waals surface area contributed by atoms with Gasteiger partial charge in [0, 0.05) is 12.6 Å². The second kappa shape index (κ2) is 8.93. The normalized spacial score (nSPS) is 16.5. The topological polar surface area (TPSA) is 30.5 Å². The van der Waals surface area contributed by atoms with E-state index >= 15 is 0 Å². The number of benzene rings is 1. The molecule has 0 spiro atoms. The van der Waals surface area contributed by atoms with Crippen molar-refractivity contribution < 1.29 is 9.47 Å². The van der Waals surface area contributed by atoms with E-state index in [4.69, 9.17) is 9.47 Å². The SMILES string of the molecule is CCc1ccc(OCCNC2CCCCCC2)c(OC)c1. The van der Waals surface area contributed by atoms with E-state index < -0.39 is 0 Å². The molecule has 21 heavy (non-hydrogen) atoms. The minimum atomic E-state index is 0.681. The van der Waals surface area contributed by atoms with Crippen LogP contribution in [-0.4, -0.2) is 26.3 Å². The van der Waals surface area contributed by atoms with Gasteiger partial charge >= 0.3 is 0 Å². The Labute approximate surface area is 129 Å². The van der Waals surface area contributed by atoms with Crippen LogP contribution in [0, 0.1) is 0 Å².